The number of likely N-dealkylation sites (N-methyl/N-ethyl adjacent to an activating group) is 1. The topological polar surface area (TPSA) is 102 Å². The van der Waals surface area contributed by atoms with Gasteiger partial charge in [-0.05, 0) is 12.1 Å². The summed E-state index contributed by atoms with van der Waals surface area (Å²) in [7, 11) is 1.65. The number of aromatic nitrogens is 4. The molecule has 0 unspecified atom stereocenters. The van der Waals surface area contributed by atoms with Crippen LogP contribution in [-0.2, 0) is 4.79 Å². The van der Waals surface area contributed by atoms with Gasteiger partial charge in [-0.1, -0.05) is 42.5 Å². The molecule has 1 aliphatic heterocycles. The van der Waals surface area contributed by atoms with Crippen LogP contribution in [0.2, 0.25) is 0 Å². The zero-order valence-electron chi connectivity index (χ0n) is 16.6. The second-order valence-corrected chi connectivity index (χ2v) is 7.05. The van der Waals surface area contributed by atoms with Crippen molar-refractivity contribution < 1.29 is 14.3 Å². The Morgan fingerprint density at radius 3 is 2.74 bits per heavy atom. The maximum Gasteiger partial charge on any atom is 0.291 e. The number of carbonyl (C=O) groups is 2. The first-order valence-electron chi connectivity index (χ1n) is 9.69. The molecule has 9 nitrogen and oxygen atoms in total. The first-order valence-corrected chi connectivity index (χ1v) is 9.69. The quantitative estimate of drug-likeness (QED) is 0.550. The number of fused-ring (bicyclic) bond motifs is 2. The van der Waals surface area contributed by atoms with Crippen LogP contribution in [0.5, 0.6) is 5.75 Å². The number of ether oxygens (including phenoxy) is 1. The molecule has 0 saturated heterocycles. The Morgan fingerprint density at radius 1 is 1.13 bits per heavy atom. The molecule has 0 bridgehead atoms. The monoisotopic (exact) mass is 414 g/mol. The second kappa shape index (κ2) is 7.52. The fourth-order valence-corrected chi connectivity index (χ4v) is 3.49. The maximum absolute atomic E-state index is 12.9. The van der Waals surface area contributed by atoms with Gasteiger partial charge in [-0.3, -0.25) is 14.6 Å². The van der Waals surface area contributed by atoms with E-state index in [2.05, 4.69) is 20.4 Å². The lowest BCUT2D eigenvalue weighted by Gasteiger charge is -2.19. The highest BCUT2D eigenvalue weighted by atomic mass is 16.5. The molecule has 0 spiro atoms. The highest BCUT2D eigenvalue weighted by Gasteiger charge is 2.31. The molecule has 2 aromatic carbocycles. The molecule has 0 radical (unpaired) electrons. The van der Waals surface area contributed by atoms with Crippen LogP contribution >= 0.6 is 0 Å². The average Bonchev–Trinajstić information content (AvgIpc) is 3.22. The Balaban J connectivity index is 1.42. The Morgan fingerprint density at radius 2 is 1.90 bits per heavy atom. The van der Waals surface area contributed by atoms with Crippen molar-refractivity contribution in [2.24, 2.45) is 0 Å². The van der Waals surface area contributed by atoms with Crippen molar-refractivity contribution in [1.82, 2.24) is 24.9 Å². The minimum atomic E-state index is -0.872. The van der Waals surface area contributed by atoms with Gasteiger partial charge in [-0.15, -0.1) is 5.10 Å². The molecule has 1 N–H and O–H groups in total. The number of amides is 2. The van der Waals surface area contributed by atoms with Crippen molar-refractivity contribution >= 4 is 23.1 Å². The van der Waals surface area contributed by atoms with E-state index in [9.17, 15) is 9.59 Å². The lowest BCUT2D eigenvalue weighted by Crippen LogP contribution is -2.49. The van der Waals surface area contributed by atoms with Gasteiger partial charge in [0.25, 0.3) is 11.8 Å². The summed E-state index contributed by atoms with van der Waals surface area (Å²) in [5.41, 5.74) is 2.57. The third-order valence-corrected chi connectivity index (χ3v) is 5.07. The number of rotatable bonds is 3. The van der Waals surface area contributed by atoms with Crippen molar-refractivity contribution in [3.8, 4) is 17.0 Å². The molecule has 154 valence electrons. The normalized spacial score (nSPS) is 15.8. The summed E-state index contributed by atoms with van der Waals surface area (Å²) in [5.74, 6) is -0.320. The molecule has 4 aromatic rings. The van der Waals surface area contributed by atoms with Gasteiger partial charge in [0, 0.05) is 25.0 Å². The van der Waals surface area contributed by atoms with Crippen molar-refractivity contribution in [1.29, 1.82) is 0 Å². The maximum atomic E-state index is 12.9. The van der Waals surface area contributed by atoms with Gasteiger partial charge in [-0.25, -0.2) is 9.50 Å². The standard InChI is InChI=1S/C22H18N6O3/c1-27-16-9-5-6-10-17(16)31-13-15(22(27)30)24-21(29)19-25-20-18(14-7-3-2-4-8-14)23-11-12-28(20)26-19/h2-12,15H,13H2,1H3,(H,24,29)/t15-/m0/s1. The molecule has 0 aliphatic carbocycles. The van der Waals surface area contributed by atoms with Crippen molar-refractivity contribution in [3.63, 3.8) is 0 Å². The number of hydrogen-bond acceptors (Lipinski definition) is 6. The Labute approximate surface area is 177 Å². The molecule has 0 fully saturated rings. The third-order valence-electron chi connectivity index (χ3n) is 5.07. The van der Waals surface area contributed by atoms with Gasteiger partial charge in [0.2, 0.25) is 5.82 Å². The van der Waals surface area contributed by atoms with Crippen LogP contribution in [0.15, 0.2) is 67.0 Å². The molecule has 2 amide bonds. The Hall–Kier alpha value is -4.27. The Bertz CT molecular complexity index is 1290. The van der Waals surface area contributed by atoms with Crippen LogP contribution in [0.25, 0.3) is 16.9 Å². The number of hydrogen-bond donors (Lipinski definition) is 1. The van der Waals surface area contributed by atoms with E-state index in [0.29, 0.717) is 22.8 Å². The van der Waals surface area contributed by atoms with Crippen LogP contribution in [0.1, 0.15) is 10.6 Å². The summed E-state index contributed by atoms with van der Waals surface area (Å²) in [5, 5.41) is 6.96. The molecule has 1 aliphatic rings. The summed E-state index contributed by atoms with van der Waals surface area (Å²) in [6.45, 7) is 0.0100. The number of anilines is 1. The largest absolute Gasteiger partial charge is 0.489 e. The first-order chi connectivity index (χ1) is 15.1. The molecule has 3 heterocycles. The van der Waals surface area contributed by atoms with Crippen LogP contribution in [-0.4, -0.2) is 51.1 Å². The minimum Gasteiger partial charge on any atom is -0.489 e. The fourth-order valence-electron chi connectivity index (χ4n) is 3.49. The van der Waals surface area contributed by atoms with E-state index < -0.39 is 11.9 Å². The first kappa shape index (κ1) is 18.7. The highest BCUT2D eigenvalue weighted by molar-refractivity contribution is 6.02. The summed E-state index contributed by atoms with van der Waals surface area (Å²) in [6.07, 6.45) is 3.22. The van der Waals surface area contributed by atoms with E-state index in [1.807, 2.05) is 42.5 Å². The number of nitrogens with one attached hydrogen (secondary N) is 1. The van der Waals surface area contributed by atoms with Gasteiger partial charge >= 0.3 is 0 Å². The number of benzene rings is 2. The van der Waals surface area contributed by atoms with Crippen LogP contribution in [0.3, 0.4) is 0 Å². The predicted molar refractivity (Wildman–Crippen MR) is 113 cm³/mol. The molecule has 1 atom stereocenters. The second-order valence-electron chi connectivity index (χ2n) is 7.05. The highest BCUT2D eigenvalue weighted by Crippen LogP contribution is 2.30. The molecule has 9 heteroatoms. The minimum absolute atomic E-state index is 0.0100. The summed E-state index contributed by atoms with van der Waals surface area (Å²) < 4.78 is 7.24. The summed E-state index contributed by atoms with van der Waals surface area (Å²) in [6, 6.07) is 15.9. The zero-order valence-corrected chi connectivity index (χ0v) is 16.6. The SMILES string of the molecule is CN1C(=O)[C@@H](NC(=O)c2nc3c(-c4ccccc4)nccn3n2)COc2ccccc21. The van der Waals surface area contributed by atoms with E-state index in [1.165, 1.54) is 9.42 Å². The molecule has 2 aromatic heterocycles. The zero-order chi connectivity index (χ0) is 21.4. The predicted octanol–water partition coefficient (Wildman–Crippen LogP) is 1.95. The van der Waals surface area contributed by atoms with Gasteiger partial charge in [0.15, 0.2) is 5.65 Å². The van der Waals surface area contributed by atoms with E-state index in [1.54, 1.807) is 31.6 Å². The smallest absolute Gasteiger partial charge is 0.291 e. The van der Waals surface area contributed by atoms with Crippen LogP contribution in [0.4, 0.5) is 5.69 Å². The Kier molecular flexibility index (Phi) is 4.55. The summed E-state index contributed by atoms with van der Waals surface area (Å²) >= 11 is 0. The number of carbonyl (C=O) groups excluding carboxylic acids is 2. The van der Waals surface area contributed by atoms with Crippen molar-refractivity contribution in [2.45, 2.75) is 6.04 Å². The third kappa shape index (κ3) is 3.35. The van der Waals surface area contributed by atoms with E-state index in [4.69, 9.17) is 4.74 Å². The molecule has 31 heavy (non-hydrogen) atoms. The molecular weight excluding hydrogens is 396 g/mol. The fraction of sp³-hybridized carbons (Fsp3) is 0.136. The lowest BCUT2D eigenvalue weighted by molar-refractivity contribution is -0.120. The van der Waals surface area contributed by atoms with Gasteiger partial charge in [0.05, 0.1) is 5.69 Å². The molecule has 5 rings (SSSR count). The van der Waals surface area contributed by atoms with Gasteiger partial charge in [0.1, 0.15) is 24.1 Å². The van der Waals surface area contributed by atoms with E-state index >= 15 is 0 Å². The number of para-hydroxylation sites is 2. The van der Waals surface area contributed by atoms with Crippen molar-refractivity contribution in [3.05, 3.63) is 72.8 Å². The van der Waals surface area contributed by atoms with Gasteiger partial charge in [-0.2, -0.15) is 0 Å². The molecular formula is C22H18N6O3. The molecule has 0 saturated carbocycles. The van der Waals surface area contributed by atoms with E-state index in [0.717, 1.165) is 5.56 Å². The van der Waals surface area contributed by atoms with Crippen molar-refractivity contribution in [2.75, 3.05) is 18.6 Å². The van der Waals surface area contributed by atoms with Gasteiger partial charge < -0.3 is 15.0 Å². The van der Waals surface area contributed by atoms with Crippen LogP contribution in [0, 0.1) is 0 Å². The average molecular weight is 414 g/mol. The van der Waals surface area contributed by atoms with Crippen LogP contribution < -0.4 is 15.0 Å². The summed E-state index contributed by atoms with van der Waals surface area (Å²) in [4.78, 5) is 36.0. The lowest BCUT2D eigenvalue weighted by atomic mass is 10.1. The van der Waals surface area contributed by atoms with E-state index in [-0.39, 0.29) is 18.3 Å². The number of nitrogens with zero attached hydrogens (tertiary/aromatic N) is 5.